The maximum Gasteiger partial charge on any atom is 0.270 e. The van der Waals surface area contributed by atoms with E-state index < -0.39 is 5.60 Å². The van der Waals surface area contributed by atoms with Crippen LogP contribution in [0.1, 0.15) is 54.5 Å². The first-order valence-electron chi connectivity index (χ1n) is 7.98. The number of hydrogen-bond donors (Lipinski definition) is 2. The third-order valence-corrected chi connectivity index (χ3v) is 4.44. The molecule has 0 aliphatic carbocycles. The Kier molecular flexibility index (Phi) is 3.97. The lowest BCUT2D eigenvalue weighted by molar-refractivity contribution is -0.0322. The monoisotopic (exact) mass is 317 g/mol. The van der Waals surface area contributed by atoms with Gasteiger partial charge in [0.15, 0.2) is 0 Å². The molecule has 0 aromatic carbocycles. The number of nitrogens with zero attached hydrogens (tertiary/aromatic N) is 4. The first-order chi connectivity index (χ1) is 10.9. The zero-order chi connectivity index (χ0) is 16.6. The zero-order valence-corrected chi connectivity index (χ0v) is 13.8. The van der Waals surface area contributed by atoms with Gasteiger partial charge in [-0.2, -0.15) is 0 Å². The van der Waals surface area contributed by atoms with E-state index in [0.29, 0.717) is 24.4 Å². The molecule has 0 bridgehead atoms. The summed E-state index contributed by atoms with van der Waals surface area (Å²) in [5.41, 5.74) is 0.892. The Labute approximate surface area is 135 Å². The van der Waals surface area contributed by atoms with Crippen LogP contribution >= 0.6 is 0 Å². The average Bonchev–Trinajstić information content (AvgIpc) is 3.15. The van der Waals surface area contributed by atoms with Crippen LogP contribution in [-0.2, 0) is 5.60 Å². The number of H-pyrrole nitrogens is 1. The van der Waals surface area contributed by atoms with Crippen molar-refractivity contribution in [3.8, 4) is 0 Å². The highest BCUT2D eigenvalue weighted by Gasteiger charge is 2.39. The van der Waals surface area contributed by atoms with Gasteiger partial charge in [0.2, 0.25) is 0 Å². The summed E-state index contributed by atoms with van der Waals surface area (Å²) in [6.45, 7) is 6.79. The van der Waals surface area contributed by atoms with E-state index in [2.05, 4.69) is 15.3 Å². The highest BCUT2D eigenvalue weighted by Crippen LogP contribution is 2.31. The van der Waals surface area contributed by atoms with Crippen LogP contribution in [0.2, 0.25) is 0 Å². The first-order valence-corrected chi connectivity index (χ1v) is 7.98. The van der Waals surface area contributed by atoms with Gasteiger partial charge in [-0.15, -0.1) is 5.10 Å². The molecule has 0 spiro atoms. The summed E-state index contributed by atoms with van der Waals surface area (Å²) in [5.74, 6) is -0.0816. The third-order valence-electron chi connectivity index (χ3n) is 4.44. The molecule has 124 valence electrons. The minimum absolute atomic E-state index is 0.0816. The van der Waals surface area contributed by atoms with Crippen molar-refractivity contribution in [2.45, 2.75) is 45.3 Å². The third kappa shape index (κ3) is 2.88. The van der Waals surface area contributed by atoms with E-state index >= 15 is 0 Å². The fourth-order valence-electron chi connectivity index (χ4n) is 3.00. The van der Waals surface area contributed by atoms with Crippen molar-refractivity contribution in [2.75, 3.05) is 13.1 Å². The second-order valence-electron chi connectivity index (χ2n) is 6.58. The number of carbonyl (C=O) groups excluding carboxylic acids is 1. The summed E-state index contributed by atoms with van der Waals surface area (Å²) in [5, 5.41) is 19.2. The highest BCUT2D eigenvalue weighted by atomic mass is 16.3. The molecule has 1 aliphatic rings. The molecule has 2 aromatic rings. The van der Waals surface area contributed by atoms with E-state index in [0.717, 1.165) is 12.0 Å². The fourth-order valence-corrected chi connectivity index (χ4v) is 3.00. The number of aliphatic hydroxyl groups is 1. The van der Waals surface area contributed by atoms with Crippen LogP contribution in [0.15, 0.2) is 18.5 Å². The Morgan fingerprint density at radius 1 is 1.48 bits per heavy atom. The highest BCUT2D eigenvalue weighted by molar-refractivity contribution is 5.94. The topological polar surface area (TPSA) is 87.0 Å². The molecule has 0 unspecified atom stereocenters. The van der Waals surface area contributed by atoms with Crippen molar-refractivity contribution in [3.63, 3.8) is 0 Å². The number of likely N-dealkylation sites (tertiary alicyclic amines) is 1. The van der Waals surface area contributed by atoms with Crippen LogP contribution in [0.4, 0.5) is 0 Å². The number of β-amino-alcohol motifs (C(OH)–C–C–N with tert-alkyl or cyclic N) is 1. The lowest BCUT2D eigenvalue weighted by atomic mass is 9.89. The summed E-state index contributed by atoms with van der Waals surface area (Å²) in [4.78, 5) is 17.3. The molecule has 7 heteroatoms. The molecular weight excluding hydrogens is 294 g/mol. The molecule has 1 aliphatic heterocycles. The summed E-state index contributed by atoms with van der Waals surface area (Å²) in [6.07, 6.45) is 4.85. The van der Waals surface area contributed by atoms with Gasteiger partial charge in [-0.1, -0.05) is 5.21 Å². The number of rotatable bonds is 3. The van der Waals surface area contributed by atoms with Crippen LogP contribution in [0.25, 0.3) is 0 Å². The van der Waals surface area contributed by atoms with Gasteiger partial charge < -0.3 is 15.0 Å². The van der Waals surface area contributed by atoms with E-state index in [4.69, 9.17) is 0 Å². The smallest absolute Gasteiger partial charge is 0.270 e. The van der Waals surface area contributed by atoms with Crippen molar-refractivity contribution in [1.82, 2.24) is 24.9 Å². The first kappa shape index (κ1) is 15.7. The van der Waals surface area contributed by atoms with Crippen molar-refractivity contribution in [2.24, 2.45) is 0 Å². The van der Waals surface area contributed by atoms with E-state index in [9.17, 15) is 9.90 Å². The number of piperidine rings is 1. The molecule has 0 saturated carbocycles. The number of aromatic amines is 1. The van der Waals surface area contributed by atoms with Gasteiger partial charge in [0.25, 0.3) is 5.91 Å². The second-order valence-corrected chi connectivity index (χ2v) is 6.58. The quantitative estimate of drug-likeness (QED) is 0.900. The molecule has 3 heterocycles. The standard InChI is InChI=1S/C16H23N5O2/c1-11(2)21-9-13(18-19-21)16(23)6-4-8-20(10-16)15(22)14-12(3)5-7-17-14/h5,7,9,11,17,23H,4,6,8,10H2,1-3H3/t16-/m1/s1. The maximum atomic E-state index is 12.7. The van der Waals surface area contributed by atoms with Gasteiger partial charge in [0.1, 0.15) is 17.0 Å². The zero-order valence-electron chi connectivity index (χ0n) is 13.8. The Balaban J connectivity index is 1.81. The van der Waals surface area contributed by atoms with Crippen LogP contribution in [0, 0.1) is 6.92 Å². The van der Waals surface area contributed by atoms with Crippen molar-refractivity contribution < 1.29 is 9.90 Å². The van der Waals surface area contributed by atoms with E-state index in [1.165, 1.54) is 0 Å². The van der Waals surface area contributed by atoms with Crippen LogP contribution in [-0.4, -0.2) is 49.0 Å². The summed E-state index contributed by atoms with van der Waals surface area (Å²) >= 11 is 0. The molecular formula is C16H23N5O2. The number of amides is 1. The number of hydrogen-bond acceptors (Lipinski definition) is 4. The molecule has 23 heavy (non-hydrogen) atoms. The lowest BCUT2D eigenvalue weighted by Gasteiger charge is -2.37. The molecule has 2 aromatic heterocycles. The molecule has 1 fully saturated rings. The number of aromatic nitrogens is 4. The van der Waals surface area contributed by atoms with Crippen molar-refractivity contribution in [1.29, 1.82) is 0 Å². The fraction of sp³-hybridized carbons (Fsp3) is 0.562. The average molecular weight is 317 g/mol. The Hall–Kier alpha value is -2.15. The number of carbonyl (C=O) groups is 1. The SMILES string of the molecule is Cc1cc[nH]c1C(=O)N1CCC[C@](O)(c2cn(C(C)C)nn2)C1. The van der Waals surface area contributed by atoms with E-state index in [-0.39, 0.29) is 18.5 Å². The predicted octanol–water partition coefficient (Wildman–Crippen LogP) is 1.62. The van der Waals surface area contributed by atoms with Gasteiger partial charge in [-0.3, -0.25) is 4.79 Å². The largest absolute Gasteiger partial charge is 0.382 e. The van der Waals surface area contributed by atoms with Crippen molar-refractivity contribution >= 4 is 5.91 Å². The minimum atomic E-state index is -1.14. The number of aryl methyl sites for hydroxylation is 1. The molecule has 2 N–H and O–H groups in total. The van der Waals surface area contributed by atoms with E-state index in [1.807, 2.05) is 26.8 Å². The lowest BCUT2D eigenvalue weighted by Crippen LogP contribution is -2.49. The maximum absolute atomic E-state index is 12.7. The summed E-state index contributed by atoms with van der Waals surface area (Å²) < 4.78 is 1.73. The van der Waals surface area contributed by atoms with Crippen LogP contribution in [0.3, 0.4) is 0 Å². The van der Waals surface area contributed by atoms with Gasteiger partial charge in [0, 0.05) is 18.8 Å². The van der Waals surface area contributed by atoms with Crippen LogP contribution < -0.4 is 0 Å². The number of nitrogens with one attached hydrogen (secondary N) is 1. The normalized spacial score (nSPS) is 21.9. The molecule has 1 amide bonds. The molecule has 0 radical (unpaired) electrons. The molecule has 1 saturated heterocycles. The summed E-state index contributed by atoms with van der Waals surface area (Å²) in [6, 6.07) is 2.06. The van der Waals surface area contributed by atoms with Gasteiger partial charge >= 0.3 is 0 Å². The van der Waals surface area contributed by atoms with Crippen molar-refractivity contribution in [3.05, 3.63) is 35.4 Å². The molecule has 7 nitrogen and oxygen atoms in total. The van der Waals surface area contributed by atoms with Crippen LogP contribution in [0.5, 0.6) is 0 Å². The van der Waals surface area contributed by atoms with Gasteiger partial charge in [-0.25, -0.2) is 4.68 Å². The Morgan fingerprint density at radius 3 is 2.87 bits per heavy atom. The Bertz CT molecular complexity index is 705. The van der Waals surface area contributed by atoms with E-state index in [1.54, 1.807) is 22.0 Å². The van der Waals surface area contributed by atoms with Gasteiger partial charge in [0.05, 0.1) is 12.7 Å². The molecule has 1 atom stereocenters. The molecule has 3 rings (SSSR count). The second kappa shape index (κ2) is 5.81. The minimum Gasteiger partial charge on any atom is -0.382 e. The Morgan fingerprint density at radius 2 is 2.26 bits per heavy atom. The predicted molar refractivity (Wildman–Crippen MR) is 85.0 cm³/mol. The van der Waals surface area contributed by atoms with Gasteiger partial charge in [-0.05, 0) is 45.2 Å². The summed E-state index contributed by atoms with van der Waals surface area (Å²) in [7, 11) is 0.